The predicted octanol–water partition coefficient (Wildman–Crippen LogP) is 3.48. The molecule has 0 heterocycles. The van der Waals surface area contributed by atoms with E-state index in [2.05, 4.69) is 10.6 Å². The van der Waals surface area contributed by atoms with E-state index in [0.717, 1.165) is 12.1 Å². The van der Waals surface area contributed by atoms with Crippen molar-refractivity contribution in [3.05, 3.63) is 59.2 Å². The largest absolute Gasteiger partial charge is 0.324 e. The third-order valence-electron chi connectivity index (χ3n) is 2.97. The summed E-state index contributed by atoms with van der Waals surface area (Å²) in [4.78, 5) is 23.0. The van der Waals surface area contributed by atoms with Gasteiger partial charge in [0.25, 0.3) is 5.91 Å². The molecule has 114 valence electrons. The zero-order valence-electron chi connectivity index (χ0n) is 12.0. The second kappa shape index (κ2) is 6.34. The highest BCUT2D eigenvalue weighted by atomic mass is 19.1. The number of carbonyl (C=O) groups excluding carboxylic acids is 2. The van der Waals surface area contributed by atoms with Gasteiger partial charge >= 0.3 is 0 Å². The van der Waals surface area contributed by atoms with Crippen LogP contribution in [0, 0.1) is 18.6 Å². The van der Waals surface area contributed by atoms with E-state index in [9.17, 15) is 18.4 Å². The van der Waals surface area contributed by atoms with Gasteiger partial charge in [-0.15, -0.1) is 0 Å². The zero-order chi connectivity index (χ0) is 16.3. The van der Waals surface area contributed by atoms with Gasteiger partial charge in [0, 0.05) is 18.2 Å². The molecular formula is C16H14F2N2O2. The molecule has 2 aromatic carbocycles. The number of carbonyl (C=O) groups is 2. The van der Waals surface area contributed by atoms with Crippen LogP contribution in [-0.4, -0.2) is 11.8 Å². The third kappa shape index (κ3) is 3.66. The van der Waals surface area contributed by atoms with Crippen LogP contribution in [0.25, 0.3) is 0 Å². The van der Waals surface area contributed by atoms with Crippen LogP contribution in [0.2, 0.25) is 0 Å². The van der Waals surface area contributed by atoms with E-state index < -0.39 is 23.4 Å². The molecule has 2 aromatic rings. The molecule has 0 saturated carbocycles. The summed E-state index contributed by atoms with van der Waals surface area (Å²) in [5.74, 6) is -2.05. The number of anilines is 2. The molecule has 0 saturated heterocycles. The van der Waals surface area contributed by atoms with Crippen molar-refractivity contribution in [1.29, 1.82) is 0 Å². The summed E-state index contributed by atoms with van der Waals surface area (Å²) in [6.45, 7) is 2.84. The van der Waals surface area contributed by atoms with E-state index in [1.807, 2.05) is 0 Å². The SMILES string of the molecule is CC(=O)Nc1cc(NC(=O)c2ccc(C)c(F)c2)ccc1F. The standard InChI is InChI=1S/C16H14F2N2O2/c1-9-3-4-11(7-14(9)18)16(22)20-12-5-6-13(17)15(8-12)19-10(2)21/h3-8H,1-2H3,(H,19,21)(H,20,22). The summed E-state index contributed by atoms with van der Waals surface area (Å²) >= 11 is 0. The van der Waals surface area contributed by atoms with Crippen LogP contribution in [0.1, 0.15) is 22.8 Å². The second-order valence-corrected chi connectivity index (χ2v) is 4.79. The lowest BCUT2D eigenvalue weighted by Crippen LogP contribution is -2.13. The molecule has 0 unspecified atom stereocenters. The summed E-state index contributed by atoms with van der Waals surface area (Å²) in [6.07, 6.45) is 0. The summed E-state index contributed by atoms with van der Waals surface area (Å²) in [5, 5.41) is 4.84. The van der Waals surface area contributed by atoms with Crippen LogP contribution in [0.4, 0.5) is 20.2 Å². The lowest BCUT2D eigenvalue weighted by atomic mass is 10.1. The number of halogens is 2. The van der Waals surface area contributed by atoms with Crippen LogP contribution >= 0.6 is 0 Å². The number of rotatable bonds is 3. The first-order chi connectivity index (χ1) is 10.4. The molecular weight excluding hydrogens is 290 g/mol. The lowest BCUT2D eigenvalue weighted by Gasteiger charge is -2.09. The van der Waals surface area contributed by atoms with Crippen LogP contribution in [0.15, 0.2) is 36.4 Å². The van der Waals surface area contributed by atoms with Crippen molar-refractivity contribution in [2.75, 3.05) is 10.6 Å². The summed E-state index contributed by atoms with van der Waals surface area (Å²) in [5.41, 5.74) is 0.830. The highest BCUT2D eigenvalue weighted by Gasteiger charge is 2.11. The van der Waals surface area contributed by atoms with Crippen molar-refractivity contribution in [3.63, 3.8) is 0 Å². The minimum Gasteiger partial charge on any atom is -0.324 e. The first-order valence-electron chi connectivity index (χ1n) is 6.51. The van der Waals surface area contributed by atoms with E-state index in [1.54, 1.807) is 6.92 Å². The number of aryl methyl sites for hydroxylation is 1. The molecule has 0 atom stereocenters. The van der Waals surface area contributed by atoms with Gasteiger partial charge in [-0.1, -0.05) is 6.07 Å². The Morgan fingerprint density at radius 3 is 2.32 bits per heavy atom. The van der Waals surface area contributed by atoms with E-state index >= 15 is 0 Å². The normalized spacial score (nSPS) is 10.2. The van der Waals surface area contributed by atoms with Gasteiger partial charge in [0.2, 0.25) is 5.91 Å². The highest BCUT2D eigenvalue weighted by molar-refractivity contribution is 6.04. The fourth-order valence-electron chi connectivity index (χ4n) is 1.83. The fourth-order valence-corrected chi connectivity index (χ4v) is 1.83. The van der Waals surface area contributed by atoms with Crippen molar-refractivity contribution in [1.82, 2.24) is 0 Å². The number of hydrogen-bond donors (Lipinski definition) is 2. The maximum atomic E-state index is 13.5. The molecule has 2 N–H and O–H groups in total. The van der Waals surface area contributed by atoms with Gasteiger partial charge in [0.1, 0.15) is 11.6 Å². The van der Waals surface area contributed by atoms with Gasteiger partial charge in [-0.05, 0) is 42.8 Å². The molecule has 0 spiro atoms. The molecule has 6 heteroatoms. The van der Waals surface area contributed by atoms with Crippen LogP contribution < -0.4 is 10.6 Å². The van der Waals surface area contributed by atoms with Crippen molar-refractivity contribution < 1.29 is 18.4 Å². The summed E-state index contributed by atoms with van der Waals surface area (Å²) < 4.78 is 27.0. The van der Waals surface area contributed by atoms with Gasteiger partial charge in [0.15, 0.2) is 0 Å². The second-order valence-electron chi connectivity index (χ2n) is 4.79. The molecule has 2 rings (SSSR count). The molecule has 0 aliphatic carbocycles. The summed E-state index contributed by atoms with van der Waals surface area (Å²) in [6, 6.07) is 7.88. The molecule has 2 amide bonds. The lowest BCUT2D eigenvalue weighted by molar-refractivity contribution is -0.114. The molecule has 0 aromatic heterocycles. The molecule has 0 radical (unpaired) electrons. The number of nitrogens with one attached hydrogen (secondary N) is 2. The van der Waals surface area contributed by atoms with Gasteiger partial charge in [-0.3, -0.25) is 9.59 Å². The first kappa shape index (κ1) is 15.6. The van der Waals surface area contributed by atoms with E-state index in [0.29, 0.717) is 5.56 Å². The molecule has 0 fully saturated rings. The molecule has 0 aliphatic rings. The molecule has 0 aliphatic heterocycles. The Morgan fingerprint density at radius 2 is 1.68 bits per heavy atom. The third-order valence-corrected chi connectivity index (χ3v) is 2.97. The quantitative estimate of drug-likeness (QED) is 0.912. The van der Waals surface area contributed by atoms with Crippen molar-refractivity contribution >= 4 is 23.2 Å². The number of hydrogen-bond acceptors (Lipinski definition) is 2. The highest BCUT2D eigenvalue weighted by Crippen LogP contribution is 2.20. The Balaban J connectivity index is 2.21. The topological polar surface area (TPSA) is 58.2 Å². The van der Waals surface area contributed by atoms with Gasteiger partial charge < -0.3 is 10.6 Å². The van der Waals surface area contributed by atoms with E-state index in [4.69, 9.17) is 0 Å². The number of benzene rings is 2. The average Bonchev–Trinajstić information content (AvgIpc) is 2.45. The van der Waals surface area contributed by atoms with Gasteiger partial charge in [-0.2, -0.15) is 0 Å². The molecule has 4 nitrogen and oxygen atoms in total. The van der Waals surface area contributed by atoms with Gasteiger partial charge in [-0.25, -0.2) is 8.78 Å². The number of amides is 2. The predicted molar refractivity (Wildman–Crippen MR) is 79.8 cm³/mol. The smallest absolute Gasteiger partial charge is 0.255 e. The minimum absolute atomic E-state index is 0.0413. The van der Waals surface area contributed by atoms with Crippen molar-refractivity contribution in [3.8, 4) is 0 Å². The minimum atomic E-state index is -0.616. The molecule has 0 bridgehead atoms. The van der Waals surface area contributed by atoms with E-state index in [1.165, 1.54) is 31.2 Å². The Kier molecular flexibility index (Phi) is 4.50. The van der Waals surface area contributed by atoms with Crippen LogP contribution in [0.3, 0.4) is 0 Å². The summed E-state index contributed by atoms with van der Waals surface area (Å²) in [7, 11) is 0. The van der Waals surface area contributed by atoms with Crippen molar-refractivity contribution in [2.45, 2.75) is 13.8 Å². The zero-order valence-corrected chi connectivity index (χ0v) is 12.0. The van der Waals surface area contributed by atoms with Crippen LogP contribution in [0.5, 0.6) is 0 Å². The maximum Gasteiger partial charge on any atom is 0.255 e. The Labute approximate surface area is 126 Å². The maximum absolute atomic E-state index is 13.5. The Bertz CT molecular complexity index is 745. The van der Waals surface area contributed by atoms with Gasteiger partial charge in [0.05, 0.1) is 5.69 Å². The Morgan fingerprint density at radius 1 is 0.955 bits per heavy atom. The molecule has 22 heavy (non-hydrogen) atoms. The fraction of sp³-hybridized carbons (Fsp3) is 0.125. The van der Waals surface area contributed by atoms with Crippen LogP contribution in [-0.2, 0) is 4.79 Å². The average molecular weight is 304 g/mol. The van der Waals surface area contributed by atoms with E-state index in [-0.39, 0.29) is 16.9 Å². The Hall–Kier alpha value is -2.76. The van der Waals surface area contributed by atoms with Crippen molar-refractivity contribution in [2.24, 2.45) is 0 Å². The monoisotopic (exact) mass is 304 g/mol. The first-order valence-corrected chi connectivity index (χ1v) is 6.51.